The van der Waals surface area contributed by atoms with Gasteiger partial charge in [-0.1, -0.05) is 30.0 Å². The molecule has 3 aromatic rings. The van der Waals surface area contributed by atoms with E-state index in [1.54, 1.807) is 31.0 Å². The fourth-order valence-electron chi connectivity index (χ4n) is 2.14. The second kappa shape index (κ2) is 6.59. The molecule has 0 fully saturated rings. The lowest BCUT2D eigenvalue weighted by Gasteiger charge is -1.98. The number of ether oxygens (including phenoxy) is 1. The van der Waals surface area contributed by atoms with E-state index in [0.717, 1.165) is 26.8 Å². The largest absolute Gasteiger partial charge is 0.497 e. The second-order valence-corrected chi connectivity index (χ2v) is 7.17. The maximum Gasteiger partial charge on any atom is 0.293 e. The van der Waals surface area contributed by atoms with Crippen molar-refractivity contribution in [2.24, 2.45) is 0 Å². The molecule has 1 amide bonds. The highest BCUT2D eigenvalue weighted by Crippen LogP contribution is 2.30. The number of nitrogens with zero attached hydrogens (tertiary/aromatic N) is 2. The van der Waals surface area contributed by atoms with Crippen LogP contribution in [0.15, 0.2) is 27.0 Å². The van der Waals surface area contributed by atoms with Gasteiger partial charge in [-0.05, 0) is 30.9 Å². The lowest BCUT2D eigenvalue weighted by Crippen LogP contribution is -2.11. The molecule has 3 rings (SSSR count). The van der Waals surface area contributed by atoms with Gasteiger partial charge in [-0.25, -0.2) is 0 Å². The van der Waals surface area contributed by atoms with Gasteiger partial charge in [-0.3, -0.25) is 10.1 Å². The Morgan fingerprint density at radius 3 is 3.00 bits per heavy atom. The van der Waals surface area contributed by atoms with Crippen LogP contribution in [0.25, 0.3) is 11.0 Å². The molecule has 6 nitrogen and oxygen atoms in total. The Hall–Kier alpha value is -2.06. The summed E-state index contributed by atoms with van der Waals surface area (Å²) in [5, 5.41) is 12.0. The fourth-order valence-corrected chi connectivity index (χ4v) is 3.78. The van der Waals surface area contributed by atoms with E-state index in [-0.39, 0.29) is 11.7 Å². The van der Waals surface area contributed by atoms with Crippen LogP contribution in [-0.4, -0.2) is 29.0 Å². The van der Waals surface area contributed by atoms with Crippen LogP contribution in [-0.2, 0) is 0 Å². The molecule has 8 heteroatoms. The molecule has 0 radical (unpaired) electrons. The van der Waals surface area contributed by atoms with Gasteiger partial charge in [0.15, 0.2) is 10.1 Å². The van der Waals surface area contributed by atoms with E-state index in [0.29, 0.717) is 10.7 Å². The summed E-state index contributed by atoms with van der Waals surface area (Å²) in [6, 6.07) is 5.44. The number of carbonyl (C=O) groups excluding carboxylic acids is 1. The average molecular weight is 349 g/mol. The molecule has 0 aliphatic rings. The molecule has 2 heterocycles. The summed E-state index contributed by atoms with van der Waals surface area (Å²) in [7, 11) is 1.60. The van der Waals surface area contributed by atoms with E-state index in [1.807, 2.05) is 19.9 Å². The molecule has 0 aliphatic heterocycles. The summed E-state index contributed by atoms with van der Waals surface area (Å²) in [6.07, 6.45) is 0. The van der Waals surface area contributed by atoms with Crippen molar-refractivity contribution in [3.05, 3.63) is 29.5 Å². The number of nitrogens with one attached hydrogen (secondary N) is 1. The molecule has 0 unspecified atom stereocenters. The van der Waals surface area contributed by atoms with E-state index < -0.39 is 0 Å². The van der Waals surface area contributed by atoms with Gasteiger partial charge >= 0.3 is 0 Å². The normalized spacial score (nSPS) is 10.9. The van der Waals surface area contributed by atoms with Gasteiger partial charge in [0.05, 0.1) is 7.11 Å². The Labute approximate surface area is 141 Å². The monoisotopic (exact) mass is 349 g/mol. The molecule has 1 N–H and O–H groups in total. The van der Waals surface area contributed by atoms with E-state index in [1.165, 1.54) is 11.3 Å². The Morgan fingerprint density at radius 1 is 1.43 bits per heavy atom. The topological polar surface area (TPSA) is 77.3 Å². The molecule has 0 bridgehead atoms. The van der Waals surface area contributed by atoms with Crippen molar-refractivity contribution in [1.82, 2.24) is 10.2 Å². The summed E-state index contributed by atoms with van der Waals surface area (Å²) in [5.74, 6) is 1.57. The number of fused-ring (bicyclic) bond motifs is 1. The highest BCUT2D eigenvalue weighted by atomic mass is 32.2. The minimum Gasteiger partial charge on any atom is -0.497 e. The molecule has 23 heavy (non-hydrogen) atoms. The molecular formula is C15H15N3O3S2. The van der Waals surface area contributed by atoms with Gasteiger partial charge in [-0.2, -0.15) is 0 Å². The van der Waals surface area contributed by atoms with Gasteiger partial charge < -0.3 is 9.15 Å². The fraction of sp³-hybridized carbons (Fsp3) is 0.267. The van der Waals surface area contributed by atoms with E-state index in [2.05, 4.69) is 15.5 Å². The quantitative estimate of drug-likeness (QED) is 0.555. The smallest absolute Gasteiger partial charge is 0.293 e. The first-order valence-electron chi connectivity index (χ1n) is 6.97. The number of anilines is 1. The number of aromatic nitrogens is 2. The summed E-state index contributed by atoms with van der Waals surface area (Å²) >= 11 is 2.93. The van der Waals surface area contributed by atoms with Crippen LogP contribution < -0.4 is 10.1 Å². The molecule has 0 saturated carbocycles. The number of methoxy groups -OCH3 is 1. The Morgan fingerprint density at radius 2 is 2.26 bits per heavy atom. The summed E-state index contributed by atoms with van der Waals surface area (Å²) in [5.41, 5.74) is 1.41. The highest BCUT2D eigenvalue weighted by molar-refractivity contribution is 8.01. The molecular weight excluding hydrogens is 334 g/mol. The van der Waals surface area contributed by atoms with Crippen molar-refractivity contribution in [2.45, 2.75) is 18.2 Å². The molecule has 0 atom stereocenters. The van der Waals surface area contributed by atoms with E-state index >= 15 is 0 Å². The number of hydrogen-bond acceptors (Lipinski definition) is 7. The zero-order valence-electron chi connectivity index (χ0n) is 12.9. The number of carbonyl (C=O) groups is 1. The minimum absolute atomic E-state index is 0.271. The van der Waals surface area contributed by atoms with Crippen molar-refractivity contribution < 1.29 is 13.9 Å². The van der Waals surface area contributed by atoms with Crippen molar-refractivity contribution in [1.29, 1.82) is 0 Å². The Kier molecular flexibility index (Phi) is 4.53. The number of furan rings is 1. The Bertz CT molecular complexity index is 857. The standard InChI is InChI=1S/C15H15N3O3S2/c1-4-22-15-18-17-14(23-15)16-13(19)12-8(2)10-7-9(20-3)5-6-11(10)21-12/h5-7H,4H2,1-3H3,(H,16,17,19). The number of thioether (sulfide) groups is 1. The SMILES string of the molecule is CCSc1nnc(NC(=O)c2oc3ccc(OC)cc3c2C)s1. The van der Waals surface area contributed by atoms with Gasteiger partial charge in [0, 0.05) is 10.9 Å². The molecule has 120 valence electrons. The van der Waals surface area contributed by atoms with Gasteiger partial charge in [0.25, 0.3) is 5.91 Å². The summed E-state index contributed by atoms with van der Waals surface area (Å²) in [6.45, 7) is 3.88. The maximum atomic E-state index is 12.4. The first-order valence-corrected chi connectivity index (χ1v) is 8.77. The molecule has 1 aromatic carbocycles. The van der Waals surface area contributed by atoms with Crippen LogP contribution in [0.4, 0.5) is 5.13 Å². The minimum atomic E-state index is -0.332. The first-order chi connectivity index (χ1) is 11.1. The van der Waals surface area contributed by atoms with Crippen molar-refractivity contribution in [2.75, 3.05) is 18.2 Å². The van der Waals surface area contributed by atoms with Gasteiger partial charge in [0.1, 0.15) is 11.3 Å². The first kappa shape index (κ1) is 15.8. The molecule has 0 spiro atoms. The lowest BCUT2D eigenvalue weighted by atomic mass is 10.1. The number of hydrogen-bond donors (Lipinski definition) is 1. The number of benzene rings is 1. The Balaban J connectivity index is 1.86. The van der Waals surface area contributed by atoms with Crippen LogP contribution in [0.2, 0.25) is 0 Å². The van der Waals surface area contributed by atoms with Crippen LogP contribution >= 0.6 is 23.1 Å². The summed E-state index contributed by atoms with van der Waals surface area (Å²) in [4.78, 5) is 12.4. The van der Waals surface area contributed by atoms with Crippen molar-refractivity contribution in [3.63, 3.8) is 0 Å². The van der Waals surface area contributed by atoms with Crippen molar-refractivity contribution in [3.8, 4) is 5.75 Å². The van der Waals surface area contributed by atoms with Crippen LogP contribution in [0.3, 0.4) is 0 Å². The van der Waals surface area contributed by atoms with E-state index in [4.69, 9.17) is 9.15 Å². The predicted molar refractivity (Wildman–Crippen MR) is 91.8 cm³/mol. The molecule has 0 aliphatic carbocycles. The molecule has 2 aromatic heterocycles. The van der Waals surface area contributed by atoms with Gasteiger partial charge in [-0.15, -0.1) is 10.2 Å². The zero-order valence-corrected chi connectivity index (χ0v) is 14.5. The number of amides is 1. The summed E-state index contributed by atoms with van der Waals surface area (Å²) < 4.78 is 11.7. The van der Waals surface area contributed by atoms with Gasteiger partial charge in [0.2, 0.25) is 5.13 Å². The van der Waals surface area contributed by atoms with Crippen LogP contribution in [0.5, 0.6) is 5.75 Å². The second-order valence-electron chi connectivity index (χ2n) is 4.68. The van der Waals surface area contributed by atoms with Crippen LogP contribution in [0, 0.1) is 6.92 Å². The third-order valence-electron chi connectivity index (χ3n) is 3.24. The van der Waals surface area contributed by atoms with E-state index in [9.17, 15) is 4.79 Å². The van der Waals surface area contributed by atoms with Crippen LogP contribution in [0.1, 0.15) is 23.0 Å². The third-order valence-corrected chi connectivity index (χ3v) is 5.10. The zero-order chi connectivity index (χ0) is 16.4. The molecule has 0 saturated heterocycles. The highest BCUT2D eigenvalue weighted by Gasteiger charge is 2.19. The predicted octanol–water partition coefficient (Wildman–Crippen LogP) is 3.97. The third kappa shape index (κ3) is 3.18. The lowest BCUT2D eigenvalue weighted by molar-refractivity contribution is 0.0998. The number of aryl methyl sites for hydroxylation is 1. The maximum absolute atomic E-state index is 12.4. The number of rotatable bonds is 5. The average Bonchev–Trinajstić information content (AvgIpc) is 3.12. The van der Waals surface area contributed by atoms with Crippen molar-refractivity contribution >= 4 is 45.1 Å².